The minimum absolute atomic E-state index is 0.122. The van der Waals surface area contributed by atoms with Crippen LogP contribution in [0.2, 0.25) is 0 Å². The fourth-order valence-corrected chi connectivity index (χ4v) is 5.02. The van der Waals surface area contributed by atoms with Gasteiger partial charge in [0.1, 0.15) is 0 Å². The molecule has 0 unspecified atom stereocenters. The number of amides is 1. The Morgan fingerprint density at radius 1 is 1.03 bits per heavy atom. The summed E-state index contributed by atoms with van der Waals surface area (Å²) in [5, 5.41) is 14.7. The highest BCUT2D eigenvalue weighted by atomic mass is 32.2. The maximum absolute atomic E-state index is 12.5. The number of benzene rings is 2. The first-order chi connectivity index (χ1) is 16.5. The van der Waals surface area contributed by atoms with Crippen molar-refractivity contribution < 1.29 is 4.79 Å². The zero-order valence-electron chi connectivity index (χ0n) is 19.8. The largest absolute Gasteiger partial charge is 0.372 e. The van der Waals surface area contributed by atoms with Gasteiger partial charge in [0.25, 0.3) is 0 Å². The molecule has 0 bridgehead atoms. The van der Waals surface area contributed by atoms with E-state index in [9.17, 15) is 4.79 Å². The molecule has 2 aromatic carbocycles. The van der Waals surface area contributed by atoms with Crippen LogP contribution in [0.1, 0.15) is 19.4 Å². The smallest absolute Gasteiger partial charge is 0.236 e. The van der Waals surface area contributed by atoms with Crippen LogP contribution < -0.4 is 10.2 Å². The number of carbonyl (C=O) groups is 1. The van der Waals surface area contributed by atoms with Gasteiger partial charge in [-0.2, -0.15) is 0 Å². The minimum Gasteiger partial charge on any atom is -0.372 e. The second-order valence-electron chi connectivity index (χ2n) is 7.83. The van der Waals surface area contributed by atoms with Crippen molar-refractivity contribution >= 4 is 39.8 Å². The molecule has 2 heterocycles. The number of aryl methyl sites for hydroxylation is 1. The quantitative estimate of drug-likeness (QED) is 0.311. The van der Waals surface area contributed by atoms with Gasteiger partial charge in [0.2, 0.25) is 5.91 Å². The van der Waals surface area contributed by atoms with Gasteiger partial charge in [-0.15, -0.1) is 21.5 Å². The number of thiazole rings is 1. The normalized spacial score (nSPS) is 10.9. The van der Waals surface area contributed by atoms with Gasteiger partial charge in [-0.1, -0.05) is 41.6 Å². The number of carbonyl (C=O) groups excluding carboxylic acids is 1. The topological polar surface area (TPSA) is 75.9 Å². The predicted octanol–water partition coefficient (Wildman–Crippen LogP) is 5.49. The van der Waals surface area contributed by atoms with E-state index in [1.165, 1.54) is 34.3 Å². The van der Waals surface area contributed by atoms with Crippen molar-refractivity contribution in [3.8, 4) is 22.6 Å². The van der Waals surface area contributed by atoms with Crippen molar-refractivity contribution in [3.63, 3.8) is 0 Å². The molecular formula is C25H28N6OS2. The van der Waals surface area contributed by atoms with Crippen LogP contribution in [-0.2, 0) is 11.8 Å². The second-order valence-corrected chi connectivity index (χ2v) is 9.63. The van der Waals surface area contributed by atoms with E-state index in [0.717, 1.165) is 35.7 Å². The van der Waals surface area contributed by atoms with E-state index in [1.807, 2.05) is 29.1 Å². The molecular weight excluding hydrogens is 464 g/mol. The number of nitrogens with zero attached hydrogens (tertiary/aromatic N) is 5. The van der Waals surface area contributed by atoms with Crippen molar-refractivity contribution in [1.29, 1.82) is 0 Å². The molecule has 1 N–H and O–H groups in total. The minimum atomic E-state index is -0.122. The molecule has 4 aromatic rings. The Kier molecular flexibility index (Phi) is 7.64. The molecule has 9 heteroatoms. The lowest BCUT2D eigenvalue weighted by atomic mass is 10.1. The fraction of sp³-hybridized carbons (Fsp3) is 0.280. The molecule has 0 spiro atoms. The van der Waals surface area contributed by atoms with Crippen LogP contribution in [0.4, 0.5) is 10.8 Å². The molecule has 0 fully saturated rings. The van der Waals surface area contributed by atoms with Crippen LogP contribution in [0.3, 0.4) is 0 Å². The van der Waals surface area contributed by atoms with Crippen LogP contribution >= 0.6 is 23.1 Å². The van der Waals surface area contributed by atoms with Gasteiger partial charge >= 0.3 is 0 Å². The summed E-state index contributed by atoms with van der Waals surface area (Å²) < 4.78 is 1.92. The number of thioether (sulfide) groups is 1. The van der Waals surface area contributed by atoms with Crippen molar-refractivity contribution in [2.24, 2.45) is 7.05 Å². The number of hydrogen-bond acceptors (Lipinski definition) is 7. The highest BCUT2D eigenvalue weighted by molar-refractivity contribution is 7.99. The molecule has 0 aliphatic rings. The zero-order valence-corrected chi connectivity index (χ0v) is 21.4. The van der Waals surface area contributed by atoms with Gasteiger partial charge in [-0.3, -0.25) is 4.79 Å². The number of nitrogens with one attached hydrogen (secondary N) is 1. The Hall–Kier alpha value is -3.17. The van der Waals surface area contributed by atoms with Crippen LogP contribution in [0.25, 0.3) is 22.6 Å². The number of rotatable bonds is 9. The first kappa shape index (κ1) is 24.0. The van der Waals surface area contributed by atoms with Crippen LogP contribution in [-0.4, -0.2) is 44.5 Å². The van der Waals surface area contributed by atoms with Gasteiger partial charge in [-0.25, -0.2) is 4.98 Å². The molecule has 0 atom stereocenters. The summed E-state index contributed by atoms with van der Waals surface area (Å²) in [6, 6.07) is 16.5. The molecule has 2 aromatic heterocycles. The van der Waals surface area contributed by atoms with E-state index in [-0.39, 0.29) is 11.7 Å². The molecule has 4 rings (SSSR count). The standard InChI is InChI=1S/C25H28N6OS2/c1-5-31(6-2)20-13-11-19(12-14-20)23-28-29-25(30(23)4)34-16-22(32)27-24-26-21(15-33-24)18-9-7-17(3)8-10-18/h7-15H,5-6,16H2,1-4H3,(H,26,27,32). The Morgan fingerprint density at radius 3 is 2.38 bits per heavy atom. The first-order valence-corrected chi connectivity index (χ1v) is 13.0. The third-order valence-corrected chi connectivity index (χ3v) is 7.30. The van der Waals surface area contributed by atoms with Crippen molar-refractivity contribution in [3.05, 3.63) is 59.5 Å². The number of hydrogen-bond donors (Lipinski definition) is 1. The van der Waals surface area contributed by atoms with Gasteiger partial charge in [0.05, 0.1) is 11.4 Å². The average Bonchev–Trinajstić information content (AvgIpc) is 3.46. The van der Waals surface area contributed by atoms with E-state index in [4.69, 9.17) is 0 Å². The Morgan fingerprint density at radius 2 is 1.71 bits per heavy atom. The molecule has 1 amide bonds. The maximum atomic E-state index is 12.5. The lowest BCUT2D eigenvalue weighted by Gasteiger charge is -2.21. The van der Waals surface area contributed by atoms with Crippen LogP contribution in [0, 0.1) is 6.92 Å². The lowest BCUT2D eigenvalue weighted by Crippen LogP contribution is -2.21. The summed E-state index contributed by atoms with van der Waals surface area (Å²) in [5.74, 6) is 0.881. The summed E-state index contributed by atoms with van der Waals surface area (Å²) in [4.78, 5) is 19.3. The number of anilines is 2. The summed E-state index contributed by atoms with van der Waals surface area (Å²) in [7, 11) is 1.92. The first-order valence-electron chi connectivity index (χ1n) is 11.2. The highest BCUT2D eigenvalue weighted by Crippen LogP contribution is 2.27. The maximum Gasteiger partial charge on any atom is 0.236 e. The summed E-state index contributed by atoms with van der Waals surface area (Å²) in [5.41, 5.74) is 5.28. The van der Waals surface area contributed by atoms with Crippen molar-refractivity contribution in [1.82, 2.24) is 19.7 Å². The highest BCUT2D eigenvalue weighted by Gasteiger charge is 2.14. The monoisotopic (exact) mass is 492 g/mol. The third-order valence-electron chi connectivity index (χ3n) is 5.52. The summed E-state index contributed by atoms with van der Waals surface area (Å²) >= 11 is 2.78. The van der Waals surface area contributed by atoms with E-state index < -0.39 is 0 Å². The lowest BCUT2D eigenvalue weighted by molar-refractivity contribution is -0.113. The molecule has 0 aliphatic heterocycles. The van der Waals surface area contributed by atoms with Crippen molar-refractivity contribution in [2.75, 3.05) is 29.1 Å². The molecule has 0 saturated carbocycles. The van der Waals surface area contributed by atoms with Crippen LogP contribution in [0.5, 0.6) is 0 Å². The van der Waals surface area contributed by atoms with E-state index in [1.54, 1.807) is 0 Å². The van der Waals surface area contributed by atoms with E-state index in [2.05, 4.69) is 82.6 Å². The predicted molar refractivity (Wildman–Crippen MR) is 142 cm³/mol. The van der Waals surface area contributed by atoms with Crippen molar-refractivity contribution in [2.45, 2.75) is 25.9 Å². The molecule has 0 radical (unpaired) electrons. The number of aromatic nitrogens is 4. The van der Waals surface area contributed by atoms with E-state index in [0.29, 0.717) is 10.3 Å². The molecule has 0 saturated heterocycles. The molecule has 0 aliphatic carbocycles. The van der Waals surface area contributed by atoms with Gasteiger partial charge in [0, 0.05) is 42.3 Å². The summed E-state index contributed by atoms with van der Waals surface area (Å²) in [6.45, 7) is 8.29. The molecule has 176 valence electrons. The Balaban J connectivity index is 1.35. The van der Waals surface area contributed by atoms with Gasteiger partial charge in [0.15, 0.2) is 16.1 Å². The Bertz CT molecular complexity index is 1240. The molecule has 7 nitrogen and oxygen atoms in total. The second kappa shape index (κ2) is 10.8. The Labute approximate surface area is 208 Å². The third kappa shape index (κ3) is 5.48. The summed E-state index contributed by atoms with van der Waals surface area (Å²) in [6.07, 6.45) is 0. The SMILES string of the molecule is CCN(CC)c1ccc(-c2nnc(SCC(=O)Nc3nc(-c4ccc(C)cc4)cs3)n2C)cc1. The molecule has 34 heavy (non-hydrogen) atoms. The fourth-order valence-electron chi connectivity index (χ4n) is 3.58. The average molecular weight is 493 g/mol. The zero-order chi connectivity index (χ0) is 24.1. The van der Waals surface area contributed by atoms with Crippen LogP contribution in [0.15, 0.2) is 59.1 Å². The van der Waals surface area contributed by atoms with Gasteiger partial charge < -0.3 is 14.8 Å². The van der Waals surface area contributed by atoms with E-state index >= 15 is 0 Å². The van der Waals surface area contributed by atoms with Gasteiger partial charge in [-0.05, 0) is 45.0 Å².